The molecular weight excluding hydrogens is 208 g/mol. The predicted molar refractivity (Wildman–Crippen MR) is 64.3 cm³/mol. The Kier molecular flexibility index (Phi) is 5.22. The molecule has 1 aromatic rings. The normalized spacial score (nSPS) is 13.1. The molecule has 1 unspecified atom stereocenters. The smallest absolute Gasteiger partial charge is 0.122 e. The lowest BCUT2D eigenvalue weighted by Crippen LogP contribution is -2.04. The Balaban J connectivity index is 2.79. The summed E-state index contributed by atoms with van der Waals surface area (Å²) in [5, 5.41) is 4.27. The molecule has 0 bridgehead atoms. The Morgan fingerprint density at radius 1 is 1.47 bits per heavy atom. The summed E-state index contributed by atoms with van der Waals surface area (Å²) < 4.78 is 5.65. The van der Waals surface area contributed by atoms with Gasteiger partial charge in [-0.15, -0.1) is 11.3 Å². The van der Waals surface area contributed by atoms with Crippen molar-refractivity contribution in [1.29, 1.82) is 0 Å². The van der Waals surface area contributed by atoms with E-state index in [0.29, 0.717) is 0 Å². The maximum atomic E-state index is 5.65. The second-order valence-electron chi connectivity index (χ2n) is 3.44. The molecule has 1 aromatic heterocycles. The minimum absolute atomic E-state index is 0.171. The number of nitrogens with one attached hydrogen (secondary N) is 1. The molecule has 15 heavy (non-hydrogen) atoms. The van der Waals surface area contributed by atoms with E-state index in [4.69, 9.17) is 4.74 Å². The first-order valence-electron chi connectivity index (χ1n) is 5.45. The molecule has 3 nitrogen and oxygen atoms in total. The third-order valence-electron chi connectivity index (χ3n) is 2.26. The standard InChI is InChI=1S/C11H20N2OS/c1-5-9(14-6-2)11-13-8(3)10(15-11)7-12-4/h9,12H,5-7H2,1-4H3. The Bertz CT molecular complexity index is 299. The number of hydrogen-bond donors (Lipinski definition) is 1. The third-order valence-corrected chi connectivity index (χ3v) is 3.51. The summed E-state index contributed by atoms with van der Waals surface area (Å²) in [6.45, 7) is 7.86. The largest absolute Gasteiger partial charge is 0.371 e. The molecule has 4 heteroatoms. The van der Waals surface area contributed by atoms with E-state index >= 15 is 0 Å². The summed E-state index contributed by atoms with van der Waals surface area (Å²) in [7, 11) is 1.96. The van der Waals surface area contributed by atoms with Crippen LogP contribution < -0.4 is 5.32 Å². The summed E-state index contributed by atoms with van der Waals surface area (Å²) >= 11 is 1.76. The van der Waals surface area contributed by atoms with Crippen molar-refractivity contribution >= 4 is 11.3 Å². The average molecular weight is 228 g/mol. The van der Waals surface area contributed by atoms with Gasteiger partial charge >= 0.3 is 0 Å². The first-order valence-corrected chi connectivity index (χ1v) is 6.26. The summed E-state index contributed by atoms with van der Waals surface area (Å²) in [5.41, 5.74) is 1.13. The number of aryl methyl sites for hydroxylation is 1. The zero-order chi connectivity index (χ0) is 11.3. The van der Waals surface area contributed by atoms with Crippen LogP contribution in [0.3, 0.4) is 0 Å². The molecule has 0 fully saturated rings. The van der Waals surface area contributed by atoms with Crippen LogP contribution in [0, 0.1) is 6.92 Å². The Morgan fingerprint density at radius 3 is 2.73 bits per heavy atom. The molecule has 0 aliphatic heterocycles. The van der Waals surface area contributed by atoms with Crippen molar-refractivity contribution in [2.24, 2.45) is 0 Å². The van der Waals surface area contributed by atoms with Gasteiger partial charge in [0.2, 0.25) is 0 Å². The minimum Gasteiger partial charge on any atom is -0.371 e. The Morgan fingerprint density at radius 2 is 2.20 bits per heavy atom. The topological polar surface area (TPSA) is 34.1 Å². The highest BCUT2D eigenvalue weighted by Gasteiger charge is 2.15. The van der Waals surface area contributed by atoms with Gasteiger partial charge in [0.05, 0.1) is 5.69 Å². The van der Waals surface area contributed by atoms with Crippen LogP contribution in [0.1, 0.15) is 42.0 Å². The molecule has 0 saturated carbocycles. The van der Waals surface area contributed by atoms with Gasteiger partial charge in [-0.25, -0.2) is 4.98 Å². The molecule has 0 amide bonds. The van der Waals surface area contributed by atoms with Crippen LogP contribution in [-0.4, -0.2) is 18.6 Å². The van der Waals surface area contributed by atoms with E-state index in [-0.39, 0.29) is 6.10 Å². The number of thiazole rings is 1. The molecule has 0 aliphatic carbocycles. The Labute approximate surface area is 95.9 Å². The van der Waals surface area contributed by atoms with Crippen LogP contribution in [0.25, 0.3) is 0 Å². The van der Waals surface area contributed by atoms with Crippen LogP contribution in [0.4, 0.5) is 0 Å². The maximum Gasteiger partial charge on any atom is 0.122 e. The van der Waals surface area contributed by atoms with E-state index in [9.17, 15) is 0 Å². The summed E-state index contributed by atoms with van der Waals surface area (Å²) in [6, 6.07) is 0. The molecule has 0 radical (unpaired) electrons. The van der Waals surface area contributed by atoms with Crippen molar-refractivity contribution in [2.75, 3.05) is 13.7 Å². The molecule has 0 saturated heterocycles. The van der Waals surface area contributed by atoms with Crippen molar-refractivity contribution in [2.45, 2.75) is 39.8 Å². The average Bonchev–Trinajstić information content (AvgIpc) is 2.57. The monoisotopic (exact) mass is 228 g/mol. The van der Waals surface area contributed by atoms with Gasteiger partial charge in [0.25, 0.3) is 0 Å². The number of rotatable bonds is 6. The van der Waals surface area contributed by atoms with Gasteiger partial charge in [0.1, 0.15) is 11.1 Å². The van der Waals surface area contributed by atoms with Gasteiger partial charge < -0.3 is 10.1 Å². The van der Waals surface area contributed by atoms with Crippen LogP contribution in [-0.2, 0) is 11.3 Å². The molecular formula is C11H20N2OS. The first kappa shape index (κ1) is 12.6. The maximum absolute atomic E-state index is 5.65. The third kappa shape index (κ3) is 3.26. The molecule has 1 rings (SSSR count). The van der Waals surface area contributed by atoms with Crippen molar-refractivity contribution in [1.82, 2.24) is 10.3 Å². The van der Waals surface area contributed by atoms with Crippen molar-refractivity contribution < 1.29 is 4.74 Å². The Hall–Kier alpha value is -0.450. The lowest BCUT2D eigenvalue weighted by atomic mass is 10.3. The molecule has 1 heterocycles. The molecule has 0 aromatic carbocycles. The highest BCUT2D eigenvalue weighted by molar-refractivity contribution is 7.11. The summed E-state index contributed by atoms with van der Waals surface area (Å²) in [5.74, 6) is 0. The second-order valence-corrected chi connectivity index (χ2v) is 4.56. The highest BCUT2D eigenvalue weighted by atomic mass is 32.1. The number of ether oxygens (including phenoxy) is 1. The molecule has 86 valence electrons. The minimum atomic E-state index is 0.171. The fraction of sp³-hybridized carbons (Fsp3) is 0.727. The highest BCUT2D eigenvalue weighted by Crippen LogP contribution is 2.27. The zero-order valence-electron chi connectivity index (χ0n) is 9.96. The van der Waals surface area contributed by atoms with Gasteiger partial charge in [-0.1, -0.05) is 6.92 Å². The second kappa shape index (κ2) is 6.20. The van der Waals surface area contributed by atoms with E-state index in [0.717, 1.165) is 30.3 Å². The van der Waals surface area contributed by atoms with Crippen molar-refractivity contribution in [3.05, 3.63) is 15.6 Å². The van der Waals surface area contributed by atoms with Gasteiger partial charge in [-0.05, 0) is 27.3 Å². The van der Waals surface area contributed by atoms with E-state index in [1.165, 1.54) is 4.88 Å². The molecule has 1 atom stereocenters. The number of aromatic nitrogens is 1. The van der Waals surface area contributed by atoms with E-state index in [2.05, 4.69) is 24.1 Å². The lowest BCUT2D eigenvalue weighted by molar-refractivity contribution is 0.0596. The molecule has 0 spiro atoms. The van der Waals surface area contributed by atoms with Crippen molar-refractivity contribution in [3.8, 4) is 0 Å². The lowest BCUT2D eigenvalue weighted by Gasteiger charge is -2.11. The van der Waals surface area contributed by atoms with Crippen LogP contribution in [0.5, 0.6) is 0 Å². The predicted octanol–water partition coefficient (Wildman–Crippen LogP) is 2.66. The quantitative estimate of drug-likeness (QED) is 0.813. The van der Waals surface area contributed by atoms with E-state index < -0.39 is 0 Å². The summed E-state index contributed by atoms with van der Waals surface area (Å²) in [4.78, 5) is 5.88. The van der Waals surface area contributed by atoms with E-state index in [1.807, 2.05) is 14.0 Å². The molecule has 1 N–H and O–H groups in total. The van der Waals surface area contributed by atoms with Gasteiger partial charge in [-0.2, -0.15) is 0 Å². The van der Waals surface area contributed by atoms with Gasteiger partial charge in [0, 0.05) is 18.0 Å². The fourth-order valence-electron chi connectivity index (χ4n) is 1.48. The summed E-state index contributed by atoms with van der Waals surface area (Å²) in [6.07, 6.45) is 1.16. The van der Waals surface area contributed by atoms with E-state index in [1.54, 1.807) is 11.3 Å². The first-order chi connectivity index (χ1) is 7.22. The SMILES string of the molecule is CCOC(CC)c1nc(C)c(CNC)s1. The number of nitrogens with zero attached hydrogens (tertiary/aromatic N) is 1. The molecule has 0 aliphatic rings. The van der Waals surface area contributed by atoms with Crippen LogP contribution in [0.15, 0.2) is 0 Å². The zero-order valence-corrected chi connectivity index (χ0v) is 10.8. The van der Waals surface area contributed by atoms with Gasteiger partial charge in [-0.3, -0.25) is 0 Å². The van der Waals surface area contributed by atoms with Gasteiger partial charge in [0.15, 0.2) is 0 Å². The number of hydrogen-bond acceptors (Lipinski definition) is 4. The van der Waals surface area contributed by atoms with Crippen LogP contribution in [0.2, 0.25) is 0 Å². The van der Waals surface area contributed by atoms with Crippen LogP contribution >= 0.6 is 11.3 Å². The van der Waals surface area contributed by atoms with Crippen molar-refractivity contribution in [3.63, 3.8) is 0 Å². The fourth-order valence-corrected chi connectivity index (χ4v) is 2.69.